The second-order valence-electron chi connectivity index (χ2n) is 4.16. The molecule has 0 unspecified atom stereocenters. The summed E-state index contributed by atoms with van der Waals surface area (Å²) in [5, 5.41) is 0. The lowest BCUT2D eigenvalue weighted by Crippen LogP contribution is -2.17. The molecule has 2 aromatic rings. The van der Waals surface area contributed by atoms with Crippen LogP contribution in [0.5, 0.6) is 0 Å². The number of hydrogen-bond acceptors (Lipinski definition) is 1. The molecular formula is C13H7F6NO. The molecule has 0 aliphatic carbocycles. The molecule has 0 bridgehead atoms. The number of pyridine rings is 1. The molecule has 0 amide bonds. The molecular weight excluding hydrogens is 300 g/mol. The first-order valence-electron chi connectivity index (χ1n) is 5.57. The summed E-state index contributed by atoms with van der Waals surface area (Å²) >= 11 is 0. The van der Waals surface area contributed by atoms with Crippen molar-refractivity contribution in [3.05, 3.63) is 58.0 Å². The summed E-state index contributed by atoms with van der Waals surface area (Å²) in [5.41, 5.74) is -4.18. The van der Waals surface area contributed by atoms with Crippen LogP contribution in [0.4, 0.5) is 26.3 Å². The lowest BCUT2D eigenvalue weighted by molar-refractivity contribution is -0.141. The van der Waals surface area contributed by atoms with E-state index >= 15 is 0 Å². The summed E-state index contributed by atoms with van der Waals surface area (Å²) in [6.07, 6.45) is -8.59. The van der Waals surface area contributed by atoms with Gasteiger partial charge in [-0.05, 0) is 17.7 Å². The van der Waals surface area contributed by atoms with Crippen LogP contribution in [0.1, 0.15) is 11.3 Å². The van der Waals surface area contributed by atoms with Crippen molar-refractivity contribution in [3.8, 4) is 11.1 Å². The van der Waals surface area contributed by atoms with Crippen LogP contribution in [0, 0.1) is 0 Å². The van der Waals surface area contributed by atoms with Crippen LogP contribution in [0.3, 0.4) is 0 Å². The molecule has 0 saturated heterocycles. The normalized spacial score (nSPS) is 12.5. The van der Waals surface area contributed by atoms with Gasteiger partial charge in [-0.3, -0.25) is 4.79 Å². The van der Waals surface area contributed by atoms with Gasteiger partial charge in [0.1, 0.15) is 5.69 Å². The predicted molar refractivity (Wildman–Crippen MR) is 62.5 cm³/mol. The first-order valence-corrected chi connectivity index (χ1v) is 5.57. The first kappa shape index (κ1) is 15.1. The van der Waals surface area contributed by atoms with Crippen LogP contribution in [-0.2, 0) is 12.4 Å². The smallest absolute Gasteiger partial charge is 0.357 e. The summed E-state index contributed by atoms with van der Waals surface area (Å²) in [6, 6.07) is 3.80. The van der Waals surface area contributed by atoms with Gasteiger partial charge in [0.05, 0.1) is 11.1 Å². The fraction of sp³-hybridized carbons (Fsp3) is 0.154. The average Bonchev–Trinajstić information content (AvgIpc) is 2.36. The molecule has 0 fully saturated rings. The molecule has 0 aliphatic heterocycles. The zero-order valence-electron chi connectivity index (χ0n) is 10.1. The molecule has 2 rings (SSSR count). The van der Waals surface area contributed by atoms with E-state index in [1.165, 1.54) is 0 Å². The monoisotopic (exact) mass is 307 g/mol. The van der Waals surface area contributed by atoms with E-state index in [0.717, 1.165) is 24.4 Å². The molecule has 112 valence electrons. The highest BCUT2D eigenvalue weighted by Gasteiger charge is 2.36. The number of H-pyrrole nitrogens is 1. The lowest BCUT2D eigenvalue weighted by Gasteiger charge is -2.12. The Hall–Kier alpha value is -2.25. The summed E-state index contributed by atoms with van der Waals surface area (Å²) < 4.78 is 75.8. The number of aromatic nitrogens is 1. The molecule has 2 nitrogen and oxygen atoms in total. The van der Waals surface area contributed by atoms with Crippen molar-refractivity contribution < 1.29 is 26.3 Å². The highest BCUT2D eigenvalue weighted by atomic mass is 19.4. The molecule has 0 atom stereocenters. The van der Waals surface area contributed by atoms with Crippen LogP contribution >= 0.6 is 0 Å². The standard InChI is InChI=1S/C13H7F6NO/c14-12(15,16)8-3-1-7(2-4-8)10-9(21)5-6-20-11(10)13(17,18)19/h1-6H,(H,20,21). The van der Waals surface area contributed by atoms with Crippen molar-refractivity contribution in [2.24, 2.45) is 0 Å². The Kier molecular flexibility index (Phi) is 3.56. The number of rotatable bonds is 1. The van der Waals surface area contributed by atoms with Gasteiger partial charge in [-0.2, -0.15) is 26.3 Å². The minimum Gasteiger partial charge on any atom is -0.357 e. The van der Waals surface area contributed by atoms with Gasteiger partial charge in [0.2, 0.25) is 0 Å². The maximum absolute atomic E-state index is 12.8. The number of aromatic amines is 1. The third kappa shape index (κ3) is 3.09. The maximum atomic E-state index is 12.8. The summed E-state index contributed by atoms with van der Waals surface area (Å²) in [6.45, 7) is 0. The van der Waals surface area contributed by atoms with Gasteiger partial charge in [-0.25, -0.2) is 0 Å². The van der Waals surface area contributed by atoms with E-state index in [1.54, 1.807) is 0 Å². The minimum absolute atomic E-state index is 0.239. The third-order valence-electron chi connectivity index (χ3n) is 2.74. The van der Waals surface area contributed by atoms with Gasteiger partial charge < -0.3 is 4.98 Å². The number of hydrogen-bond donors (Lipinski definition) is 1. The lowest BCUT2D eigenvalue weighted by atomic mass is 10.0. The van der Waals surface area contributed by atoms with Crippen molar-refractivity contribution in [1.82, 2.24) is 4.98 Å². The van der Waals surface area contributed by atoms with Gasteiger partial charge in [0, 0.05) is 12.3 Å². The molecule has 1 aromatic heterocycles. The first-order chi connectivity index (χ1) is 9.60. The highest BCUT2D eigenvalue weighted by molar-refractivity contribution is 5.66. The largest absolute Gasteiger partial charge is 0.431 e. The van der Waals surface area contributed by atoms with Crippen molar-refractivity contribution in [3.63, 3.8) is 0 Å². The number of benzene rings is 1. The van der Waals surface area contributed by atoms with Gasteiger partial charge in [-0.15, -0.1) is 0 Å². The van der Waals surface area contributed by atoms with Crippen LogP contribution in [-0.4, -0.2) is 4.98 Å². The molecule has 0 radical (unpaired) electrons. The fourth-order valence-electron chi connectivity index (χ4n) is 1.82. The van der Waals surface area contributed by atoms with Crippen LogP contribution in [0.2, 0.25) is 0 Å². The Morgan fingerprint density at radius 2 is 1.38 bits per heavy atom. The van der Waals surface area contributed by atoms with Crippen molar-refractivity contribution >= 4 is 0 Å². The maximum Gasteiger partial charge on any atom is 0.431 e. The summed E-state index contributed by atoms with van der Waals surface area (Å²) in [5.74, 6) is 0. The van der Waals surface area contributed by atoms with E-state index in [9.17, 15) is 31.1 Å². The zero-order chi connectivity index (χ0) is 15.8. The van der Waals surface area contributed by atoms with Gasteiger partial charge in [-0.1, -0.05) is 12.1 Å². The van der Waals surface area contributed by atoms with Crippen LogP contribution < -0.4 is 5.43 Å². The fourth-order valence-corrected chi connectivity index (χ4v) is 1.82. The van der Waals surface area contributed by atoms with E-state index < -0.39 is 34.6 Å². The number of nitrogens with one attached hydrogen (secondary N) is 1. The molecule has 0 spiro atoms. The quantitative estimate of drug-likeness (QED) is 0.791. The van der Waals surface area contributed by atoms with Crippen molar-refractivity contribution in [2.45, 2.75) is 12.4 Å². The average molecular weight is 307 g/mol. The molecule has 8 heteroatoms. The molecule has 0 aliphatic rings. The molecule has 1 N–H and O–H groups in total. The Labute approximate surface area is 114 Å². The summed E-state index contributed by atoms with van der Waals surface area (Å²) in [4.78, 5) is 13.5. The Morgan fingerprint density at radius 1 is 0.810 bits per heavy atom. The molecule has 1 heterocycles. The Balaban J connectivity index is 2.60. The van der Waals surface area contributed by atoms with E-state index in [2.05, 4.69) is 0 Å². The van der Waals surface area contributed by atoms with Crippen molar-refractivity contribution in [1.29, 1.82) is 0 Å². The Bertz CT molecular complexity index is 696. The topological polar surface area (TPSA) is 32.9 Å². The Morgan fingerprint density at radius 3 is 1.86 bits per heavy atom. The van der Waals surface area contributed by atoms with Crippen LogP contribution in [0.15, 0.2) is 41.3 Å². The van der Waals surface area contributed by atoms with Gasteiger partial charge >= 0.3 is 12.4 Å². The molecule has 1 aromatic carbocycles. The number of alkyl halides is 6. The van der Waals surface area contributed by atoms with Crippen LogP contribution in [0.25, 0.3) is 11.1 Å². The molecule has 0 saturated carbocycles. The van der Waals surface area contributed by atoms with Gasteiger partial charge in [0.25, 0.3) is 0 Å². The minimum atomic E-state index is -4.82. The predicted octanol–water partition coefficient (Wildman–Crippen LogP) is 4.08. The van der Waals surface area contributed by atoms with E-state index in [-0.39, 0.29) is 5.56 Å². The highest BCUT2D eigenvalue weighted by Crippen LogP contribution is 2.35. The second-order valence-corrected chi connectivity index (χ2v) is 4.16. The third-order valence-corrected chi connectivity index (χ3v) is 2.74. The van der Waals surface area contributed by atoms with Gasteiger partial charge in [0.15, 0.2) is 5.43 Å². The number of halogens is 6. The zero-order valence-corrected chi connectivity index (χ0v) is 10.1. The van der Waals surface area contributed by atoms with Crippen molar-refractivity contribution in [2.75, 3.05) is 0 Å². The van der Waals surface area contributed by atoms with E-state index in [0.29, 0.717) is 12.1 Å². The molecule has 21 heavy (non-hydrogen) atoms. The summed E-state index contributed by atoms with van der Waals surface area (Å²) in [7, 11) is 0. The van der Waals surface area contributed by atoms with E-state index in [4.69, 9.17) is 0 Å². The van der Waals surface area contributed by atoms with E-state index in [1.807, 2.05) is 4.98 Å². The SMILES string of the molecule is O=c1cc[nH]c(C(F)(F)F)c1-c1ccc(C(F)(F)F)cc1. The second kappa shape index (κ2) is 4.94.